The van der Waals surface area contributed by atoms with E-state index in [2.05, 4.69) is 10.1 Å². The van der Waals surface area contributed by atoms with E-state index in [4.69, 9.17) is 5.26 Å². The van der Waals surface area contributed by atoms with E-state index >= 15 is 0 Å². The number of halogens is 1. The van der Waals surface area contributed by atoms with Gasteiger partial charge in [-0.3, -0.25) is 4.79 Å². The van der Waals surface area contributed by atoms with Crippen molar-refractivity contribution in [2.24, 2.45) is 0 Å². The van der Waals surface area contributed by atoms with Crippen LogP contribution in [0.25, 0.3) is 0 Å². The van der Waals surface area contributed by atoms with Gasteiger partial charge in [0.2, 0.25) is 0 Å². The summed E-state index contributed by atoms with van der Waals surface area (Å²) < 4.78 is 17.5. The predicted octanol–water partition coefficient (Wildman–Crippen LogP) is 1.28. The number of carbonyl (C=O) groups excluding carboxylic acids is 1. The topological polar surface area (TPSA) is 62.1 Å². The van der Waals surface area contributed by atoms with Gasteiger partial charge in [0.25, 0.3) is 0 Å². The van der Waals surface area contributed by atoms with Gasteiger partial charge in [0.15, 0.2) is 0 Å². The third kappa shape index (κ3) is 2.95. The minimum Gasteiger partial charge on any atom is -0.468 e. The quantitative estimate of drug-likeness (QED) is 0.760. The molecule has 0 atom stereocenters. The molecule has 1 aromatic rings. The van der Waals surface area contributed by atoms with E-state index in [0.29, 0.717) is 5.69 Å². The molecule has 15 heavy (non-hydrogen) atoms. The Morgan fingerprint density at radius 1 is 1.67 bits per heavy atom. The summed E-state index contributed by atoms with van der Waals surface area (Å²) in [5.41, 5.74) is 0.399. The average Bonchev–Trinajstić information content (AvgIpc) is 2.26. The second-order valence-corrected chi connectivity index (χ2v) is 2.74. The standard InChI is InChI=1S/C10H9FN2O2/c1-15-10(14)6-13-8-3-2-7(5-12)9(11)4-8/h2-4,13H,6H2,1H3. The van der Waals surface area contributed by atoms with E-state index in [1.165, 1.54) is 19.2 Å². The molecule has 1 rings (SSSR count). The maximum absolute atomic E-state index is 13.1. The second-order valence-electron chi connectivity index (χ2n) is 2.74. The van der Waals surface area contributed by atoms with Crippen LogP contribution in [0.4, 0.5) is 10.1 Å². The fourth-order valence-electron chi connectivity index (χ4n) is 0.962. The highest BCUT2D eigenvalue weighted by atomic mass is 19.1. The summed E-state index contributed by atoms with van der Waals surface area (Å²) in [4.78, 5) is 10.8. The average molecular weight is 208 g/mol. The molecule has 0 spiro atoms. The van der Waals surface area contributed by atoms with Gasteiger partial charge in [0.05, 0.1) is 12.7 Å². The minimum atomic E-state index is -0.618. The molecular weight excluding hydrogens is 199 g/mol. The van der Waals surface area contributed by atoms with Crippen LogP contribution in [0.2, 0.25) is 0 Å². The summed E-state index contributed by atoms with van der Waals surface area (Å²) in [6.07, 6.45) is 0. The summed E-state index contributed by atoms with van der Waals surface area (Å²) in [5.74, 6) is -1.06. The number of anilines is 1. The number of nitrogens with zero attached hydrogens (tertiary/aromatic N) is 1. The van der Waals surface area contributed by atoms with E-state index in [1.54, 1.807) is 6.07 Å². The van der Waals surface area contributed by atoms with E-state index < -0.39 is 11.8 Å². The third-order valence-corrected chi connectivity index (χ3v) is 1.75. The van der Waals surface area contributed by atoms with E-state index in [-0.39, 0.29) is 12.1 Å². The van der Waals surface area contributed by atoms with Crippen molar-refractivity contribution in [1.29, 1.82) is 5.26 Å². The number of hydrogen-bond acceptors (Lipinski definition) is 4. The van der Waals surface area contributed by atoms with Gasteiger partial charge in [-0.1, -0.05) is 0 Å². The van der Waals surface area contributed by atoms with Crippen LogP contribution in [0.5, 0.6) is 0 Å². The fraction of sp³-hybridized carbons (Fsp3) is 0.200. The first kappa shape index (κ1) is 11.0. The molecule has 0 aliphatic carbocycles. The van der Waals surface area contributed by atoms with Crippen LogP contribution in [0.15, 0.2) is 18.2 Å². The number of nitriles is 1. The zero-order chi connectivity index (χ0) is 11.3. The Balaban J connectivity index is 2.68. The van der Waals surface area contributed by atoms with Crippen molar-refractivity contribution in [2.75, 3.05) is 19.0 Å². The number of carbonyl (C=O) groups is 1. The number of esters is 1. The van der Waals surface area contributed by atoms with Crippen LogP contribution >= 0.6 is 0 Å². The van der Waals surface area contributed by atoms with Crippen molar-refractivity contribution in [1.82, 2.24) is 0 Å². The third-order valence-electron chi connectivity index (χ3n) is 1.75. The van der Waals surface area contributed by atoms with Crippen molar-refractivity contribution in [3.05, 3.63) is 29.6 Å². The summed E-state index contributed by atoms with van der Waals surface area (Å²) in [6.45, 7) is -0.0398. The highest BCUT2D eigenvalue weighted by molar-refractivity contribution is 5.74. The molecule has 4 nitrogen and oxygen atoms in total. The largest absolute Gasteiger partial charge is 0.468 e. The molecule has 0 radical (unpaired) electrons. The summed E-state index contributed by atoms with van der Waals surface area (Å²) >= 11 is 0. The van der Waals surface area contributed by atoms with Crippen LogP contribution in [0.1, 0.15) is 5.56 Å². The molecule has 5 heteroatoms. The fourth-order valence-corrected chi connectivity index (χ4v) is 0.962. The number of nitrogens with one attached hydrogen (secondary N) is 1. The lowest BCUT2D eigenvalue weighted by molar-refractivity contribution is -0.138. The van der Waals surface area contributed by atoms with Crippen LogP contribution in [-0.2, 0) is 9.53 Å². The molecule has 0 unspecified atom stereocenters. The first-order valence-corrected chi connectivity index (χ1v) is 4.17. The number of methoxy groups -OCH3 is 1. The Labute approximate surface area is 86.3 Å². The van der Waals surface area contributed by atoms with Gasteiger partial charge in [0, 0.05) is 5.69 Å². The molecule has 0 aliphatic heterocycles. The van der Waals surface area contributed by atoms with Crippen LogP contribution in [0.3, 0.4) is 0 Å². The highest BCUT2D eigenvalue weighted by Crippen LogP contribution is 2.13. The number of hydrogen-bond donors (Lipinski definition) is 1. The smallest absolute Gasteiger partial charge is 0.325 e. The summed E-state index contributed by atoms with van der Waals surface area (Å²) in [7, 11) is 1.27. The van der Waals surface area contributed by atoms with Gasteiger partial charge in [-0.15, -0.1) is 0 Å². The SMILES string of the molecule is COC(=O)CNc1ccc(C#N)c(F)c1. The zero-order valence-corrected chi connectivity index (χ0v) is 8.08. The Bertz CT molecular complexity index is 412. The van der Waals surface area contributed by atoms with E-state index in [9.17, 15) is 9.18 Å². The summed E-state index contributed by atoms with van der Waals surface area (Å²) in [6, 6.07) is 5.72. The second kappa shape index (κ2) is 4.96. The molecule has 78 valence electrons. The lowest BCUT2D eigenvalue weighted by Crippen LogP contribution is -2.15. The number of benzene rings is 1. The van der Waals surface area contributed by atoms with E-state index in [0.717, 1.165) is 6.07 Å². The Morgan fingerprint density at radius 2 is 2.40 bits per heavy atom. The lowest BCUT2D eigenvalue weighted by atomic mass is 10.2. The molecule has 0 aliphatic rings. The van der Waals surface area contributed by atoms with Crippen molar-refractivity contribution in [3.8, 4) is 6.07 Å². The van der Waals surface area contributed by atoms with Gasteiger partial charge in [-0.25, -0.2) is 4.39 Å². The first-order chi connectivity index (χ1) is 7.17. The minimum absolute atomic E-state index is 0.0291. The van der Waals surface area contributed by atoms with Crippen LogP contribution in [0, 0.1) is 17.1 Å². The molecule has 0 aromatic heterocycles. The molecule has 0 saturated heterocycles. The van der Waals surface area contributed by atoms with Gasteiger partial charge >= 0.3 is 5.97 Å². The number of ether oxygens (including phenoxy) is 1. The van der Waals surface area contributed by atoms with Crippen molar-refractivity contribution in [2.45, 2.75) is 0 Å². The summed E-state index contributed by atoms with van der Waals surface area (Å²) in [5, 5.41) is 11.1. The molecule has 1 N–H and O–H groups in total. The van der Waals surface area contributed by atoms with Crippen molar-refractivity contribution < 1.29 is 13.9 Å². The van der Waals surface area contributed by atoms with Crippen molar-refractivity contribution in [3.63, 3.8) is 0 Å². The molecule has 0 heterocycles. The normalized spacial score (nSPS) is 9.13. The lowest BCUT2D eigenvalue weighted by Gasteiger charge is -2.04. The van der Waals surface area contributed by atoms with Gasteiger partial charge in [0.1, 0.15) is 18.4 Å². The van der Waals surface area contributed by atoms with Gasteiger partial charge < -0.3 is 10.1 Å². The van der Waals surface area contributed by atoms with Gasteiger partial charge in [-0.2, -0.15) is 5.26 Å². The van der Waals surface area contributed by atoms with Crippen LogP contribution in [-0.4, -0.2) is 19.6 Å². The van der Waals surface area contributed by atoms with Crippen molar-refractivity contribution >= 4 is 11.7 Å². The molecule has 0 saturated carbocycles. The maximum atomic E-state index is 13.1. The zero-order valence-electron chi connectivity index (χ0n) is 8.08. The molecule has 0 bridgehead atoms. The maximum Gasteiger partial charge on any atom is 0.325 e. The molecule has 1 aromatic carbocycles. The highest BCUT2D eigenvalue weighted by Gasteiger charge is 2.04. The first-order valence-electron chi connectivity index (χ1n) is 4.17. The molecule has 0 amide bonds. The van der Waals surface area contributed by atoms with E-state index in [1.807, 2.05) is 0 Å². The Hall–Kier alpha value is -2.09. The Morgan fingerprint density at radius 3 is 2.93 bits per heavy atom. The Kier molecular flexibility index (Phi) is 3.63. The monoisotopic (exact) mass is 208 g/mol. The predicted molar refractivity (Wildman–Crippen MR) is 51.6 cm³/mol. The number of rotatable bonds is 3. The molecule has 0 fully saturated rings. The molecular formula is C10H9FN2O2. The van der Waals surface area contributed by atoms with Gasteiger partial charge in [-0.05, 0) is 18.2 Å². The van der Waals surface area contributed by atoms with Crippen LogP contribution < -0.4 is 5.32 Å².